The van der Waals surface area contributed by atoms with Gasteiger partial charge in [0.05, 0.1) is 6.54 Å². The number of carbonyl (C=O) groups is 2. The van der Waals surface area contributed by atoms with E-state index < -0.39 is 0 Å². The highest BCUT2D eigenvalue weighted by atomic mass is 19.1. The van der Waals surface area contributed by atoms with Gasteiger partial charge in [0.15, 0.2) is 5.78 Å². The molecule has 2 aromatic rings. The fourth-order valence-corrected chi connectivity index (χ4v) is 2.62. The number of hydrogen-bond acceptors (Lipinski definition) is 3. The number of rotatable bonds is 6. The number of benzene rings is 1. The van der Waals surface area contributed by atoms with Crippen molar-refractivity contribution in [1.29, 1.82) is 0 Å². The Balaban J connectivity index is 1.98. The number of aromatic nitrogens is 1. The van der Waals surface area contributed by atoms with E-state index in [9.17, 15) is 14.0 Å². The third-order valence-electron chi connectivity index (χ3n) is 3.86. The molecule has 0 aliphatic carbocycles. The lowest BCUT2D eigenvalue weighted by Gasteiger charge is -2.17. The van der Waals surface area contributed by atoms with Gasteiger partial charge >= 0.3 is 0 Å². The Kier molecular flexibility index (Phi) is 5.39. The third-order valence-corrected chi connectivity index (χ3v) is 3.86. The Morgan fingerprint density at radius 2 is 1.83 bits per heavy atom. The van der Waals surface area contributed by atoms with E-state index in [0.717, 1.165) is 0 Å². The van der Waals surface area contributed by atoms with Gasteiger partial charge in [-0.25, -0.2) is 4.39 Å². The molecule has 2 rings (SSSR count). The number of amides is 1. The van der Waals surface area contributed by atoms with Crippen LogP contribution in [-0.2, 0) is 0 Å². The first-order valence-electron chi connectivity index (χ1n) is 7.65. The molecule has 0 atom stereocenters. The molecule has 5 nitrogen and oxygen atoms in total. The Bertz CT molecular complexity index is 750. The Labute approximate surface area is 140 Å². The highest BCUT2D eigenvalue weighted by molar-refractivity contribution is 6.02. The number of hydrogen-bond donors (Lipinski definition) is 1. The standard InChI is InChI=1S/C18H21FN2O3/c1-11-16(13(3)22)12(2)20-17(11)18(23)21(4)9-10-24-15-7-5-14(19)6-8-15/h5-8,20H,9-10H2,1-4H3. The lowest BCUT2D eigenvalue weighted by Crippen LogP contribution is -2.31. The van der Waals surface area contributed by atoms with Crippen molar-refractivity contribution in [3.8, 4) is 5.75 Å². The van der Waals surface area contributed by atoms with Crippen LogP contribution in [-0.4, -0.2) is 41.8 Å². The van der Waals surface area contributed by atoms with Gasteiger partial charge in [-0.05, 0) is 50.6 Å². The quantitative estimate of drug-likeness (QED) is 0.827. The Morgan fingerprint density at radius 3 is 2.38 bits per heavy atom. The van der Waals surface area contributed by atoms with Crippen LogP contribution in [0.25, 0.3) is 0 Å². The number of nitrogens with one attached hydrogen (secondary N) is 1. The molecule has 1 N–H and O–H groups in total. The van der Waals surface area contributed by atoms with Crippen molar-refractivity contribution < 1.29 is 18.7 Å². The number of carbonyl (C=O) groups excluding carboxylic acids is 2. The SMILES string of the molecule is CC(=O)c1c(C)[nH]c(C(=O)N(C)CCOc2ccc(F)cc2)c1C. The van der Waals surface area contributed by atoms with Crippen LogP contribution in [0.2, 0.25) is 0 Å². The minimum absolute atomic E-state index is 0.0670. The fourth-order valence-electron chi connectivity index (χ4n) is 2.62. The van der Waals surface area contributed by atoms with Crippen LogP contribution >= 0.6 is 0 Å². The van der Waals surface area contributed by atoms with Gasteiger partial charge in [-0.15, -0.1) is 0 Å². The molecular weight excluding hydrogens is 311 g/mol. The second-order valence-corrected chi connectivity index (χ2v) is 5.71. The molecule has 1 aromatic heterocycles. The molecule has 6 heteroatoms. The zero-order valence-corrected chi connectivity index (χ0v) is 14.3. The van der Waals surface area contributed by atoms with Crippen molar-refractivity contribution in [3.05, 3.63) is 52.6 Å². The number of halogens is 1. The third kappa shape index (κ3) is 3.82. The normalized spacial score (nSPS) is 10.5. The van der Waals surface area contributed by atoms with E-state index in [1.54, 1.807) is 20.9 Å². The number of aromatic amines is 1. The van der Waals surface area contributed by atoms with Gasteiger partial charge < -0.3 is 14.6 Å². The van der Waals surface area contributed by atoms with Crippen LogP contribution in [0.3, 0.4) is 0 Å². The second kappa shape index (κ2) is 7.29. The van der Waals surface area contributed by atoms with Crippen LogP contribution in [0.1, 0.15) is 39.0 Å². The topological polar surface area (TPSA) is 62.4 Å². The second-order valence-electron chi connectivity index (χ2n) is 5.71. The van der Waals surface area contributed by atoms with Gasteiger partial charge in [-0.2, -0.15) is 0 Å². The number of likely N-dealkylation sites (N-methyl/N-ethyl adjacent to an activating group) is 1. The number of H-pyrrole nitrogens is 1. The predicted octanol–water partition coefficient (Wildman–Crippen LogP) is 3.12. The van der Waals surface area contributed by atoms with Gasteiger partial charge in [0.1, 0.15) is 23.9 Å². The molecule has 0 bridgehead atoms. The Morgan fingerprint density at radius 1 is 1.21 bits per heavy atom. The average Bonchev–Trinajstić information content (AvgIpc) is 2.83. The minimum atomic E-state index is -0.325. The maximum Gasteiger partial charge on any atom is 0.270 e. The van der Waals surface area contributed by atoms with Crippen molar-refractivity contribution in [3.63, 3.8) is 0 Å². The number of ether oxygens (including phenoxy) is 1. The summed E-state index contributed by atoms with van der Waals surface area (Å²) < 4.78 is 18.3. The van der Waals surface area contributed by atoms with Crippen molar-refractivity contribution >= 4 is 11.7 Å². The van der Waals surface area contributed by atoms with Crippen LogP contribution in [0.4, 0.5) is 4.39 Å². The molecule has 24 heavy (non-hydrogen) atoms. The van der Waals surface area contributed by atoms with Gasteiger partial charge in [-0.1, -0.05) is 0 Å². The molecule has 0 aliphatic heterocycles. The van der Waals surface area contributed by atoms with E-state index >= 15 is 0 Å². The van der Waals surface area contributed by atoms with Gasteiger partial charge in [0.2, 0.25) is 0 Å². The van der Waals surface area contributed by atoms with Gasteiger partial charge in [0.25, 0.3) is 5.91 Å². The van der Waals surface area contributed by atoms with Crippen molar-refractivity contribution in [2.24, 2.45) is 0 Å². The van der Waals surface area contributed by atoms with Crippen LogP contribution < -0.4 is 4.74 Å². The molecule has 0 unspecified atom stereocenters. The maximum atomic E-state index is 12.8. The summed E-state index contributed by atoms with van der Waals surface area (Å²) in [5.41, 5.74) is 2.34. The molecule has 0 fully saturated rings. The zero-order chi connectivity index (χ0) is 17.9. The molecule has 1 amide bonds. The summed E-state index contributed by atoms with van der Waals surface area (Å²) in [5, 5.41) is 0. The van der Waals surface area contributed by atoms with Crippen molar-refractivity contribution in [1.82, 2.24) is 9.88 Å². The molecule has 128 valence electrons. The summed E-state index contributed by atoms with van der Waals surface area (Å²) in [4.78, 5) is 28.7. The molecule has 0 aliphatic rings. The largest absolute Gasteiger partial charge is 0.492 e. The van der Waals surface area contributed by atoms with E-state index in [0.29, 0.717) is 34.8 Å². The summed E-state index contributed by atoms with van der Waals surface area (Å²) in [5.74, 6) is -0.0510. The first kappa shape index (κ1) is 17.7. The summed E-state index contributed by atoms with van der Waals surface area (Å²) in [6.07, 6.45) is 0. The van der Waals surface area contributed by atoms with Crippen molar-refractivity contribution in [2.75, 3.05) is 20.2 Å². The van der Waals surface area contributed by atoms with E-state index in [4.69, 9.17) is 4.74 Å². The number of nitrogens with zero attached hydrogens (tertiary/aromatic N) is 1. The number of aryl methyl sites for hydroxylation is 1. The predicted molar refractivity (Wildman–Crippen MR) is 89.1 cm³/mol. The summed E-state index contributed by atoms with van der Waals surface area (Å²) in [7, 11) is 1.67. The maximum absolute atomic E-state index is 12.8. The van der Waals surface area contributed by atoms with E-state index in [2.05, 4.69) is 4.98 Å². The lowest BCUT2D eigenvalue weighted by atomic mass is 10.1. The number of ketones is 1. The smallest absolute Gasteiger partial charge is 0.270 e. The first-order chi connectivity index (χ1) is 11.3. The fraction of sp³-hybridized carbons (Fsp3) is 0.333. The highest BCUT2D eigenvalue weighted by Crippen LogP contribution is 2.19. The molecule has 0 spiro atoms. The molecule has 0 saturated heterocycles. The summed E-state index contributed by atoms with van der Waals surface area (Å²) in [6.45, 7) is 5.67. The van der Waals surface area contributed by atoms with Gasteiger partial charge in [0, 0.05) is 18.3 Å². The molecule has 0 saturated carbocycles. The Hall–Kier alpha value is -2.63. The van der Waals surface area contributed by atoms with Crippen molar-refractivity contribution in [2.45, 2.75) is 20.8 Å². The summed E-state index contributed by atoms with van der Waals surface area (Å²) in [6, 6.07) is 5.71. The molecule has 1 heterocycles. The monoisotopic (exact) mass is 332 g/mol. The minimum Gasteiger partial charge on any atom is -0.492 e. The zero-order valence-electron chi connectivity index (χ0n) is 14.3. The summed E-state index contributed by atoms with van der Waals surface area (Å²) >= 11 is 0. The van der Waals surface area contributed by atoms with Crippen LogP contribution in [0, 0.1) is 19.7 Å². The molecular formula is C18H21FN2O3. The number of Topliss-reactive ketones (excluding diaryl/α,β-unsaturated/α-hetero) is 1. The van der Waals surface area contributed by atoms with Gasteiger partial charge in [-0.3, -0.25) is 9.59 Å². The lowest BCUT2D eigenvalue weighted by molar-refractivity contribution is 0.0768. The van der Waals surface area contributed by atoms with E-state index in [1.807, 2.05) is 0 Å². The van der Waals surface area contributed by atoms with Crippen LogP contribution in [0.5, 0.6) is 5.75 Å². The van der Waals surface area contributed by atoms with E-state index in [-0.39, 0.29) is 24.1 Å². The highest BCUT2D eigenvalue weighted by Gasteiger charge is 2.22. The average molecular weight is 332 g/mol. The molecule has 0 radical (unpaired) electrons. The van der Waals surface area contributed by atoms with E-state index in [1.165, 1.54) is 36.1 Å². The van der Waals surface area contributed by atoms with Crippen LogP contribution in [0.15, 0.2) is 24.3 Å². The first-order valence-corrected chi connectivity index (χ1v) is 7.65. The molecule has 1 aromatic carbocycles.